The number of ether oxygens (including phenoxy) is 1. The maximum Gasteiger partial charge on any atom is 0.170 e. The molecule has 0 fully saturated rings. The first-order valence-corrected chi connectivity index (χ1v) is 7.63. The van der Waals surface area contributed by atoms with Crippen LogP contribution in [0.5, 0.6) is 5.75 Å². The van der Waals surface area contributed by atoms with Gasteiger partial charge >= 0.3 is 0 Å². The summed E-state index contributed by atoms with van der Waals surface area (Å²) >= 11 is 5.33. The number of hydrogen-bond acceptors (Lipinski definition) is 2. The molecule has 0 radical (unpaired) electrons. The van der Waals surface area contributed by atoms with Gasteiger partial charge in [-0.05, 0) is 43.6 Å². The van der Waals surface area contributed by atoms with E-state index in [0.29, 0.717) is 11.2 Å². The molecule has 0 saturated heterocycles. The van der Waals surface area contributed by atoms with Gasteiger partial charge in [-0.1, -0.05) is 32.8 Å². The van der Waals surface area contributed by atoms with Crippen molar-refractivity contribution in [2.75, 3.05) is 12.4 Å². The van der Waals surface area contributed by atoms with Crippen molar-refractivity contribution in [1.29, 1.82) is 0 Å². The summed E-state index contributed by atoms with van der Waals surface area (Å²) in [4.78, 5) is 0. The predicted molar refractivity (Wildman–Crippen MR) is 90.5 cm³/mol. The average molecular weight is 294 g/mol. The Bertz CT molecular complexity index is 421. The van der Waals surface area contributed by atoms with E-state index in [0.717, 1.165) is 23.8 Å². The van der Waals surface area contributed by atoms with Crippen LogP contribution in [0.3, 0.4) is 0 Å². The second kappa shape index (κ2) is 8.80. The zero-order valence-electron chi connectivity index (χ0n) is 12.9. The van der Waals surface area contributed by atoms with Crippen LogP contribution in [0.4, 0.5) is 5.69 Å². The van der Waals surface area contributed by atoms with Crippen molar-refractivity contribution in [3.8, 4) is 5.75 Å². The molecule has 0 aliphatic carbocycles. The van der Waals surface area contributed by atoms with Crippen molar-refractivity contribution < 1.29 is 4.74 Å². The van der Waals surface area contributed by atoms with Gasteiger partial charge in [-0.2, -0.15) is 0 Å². The molecule has 4 heteroatoms. The maximum absolute atomic E-state index is 5.33. The lowest BCUT2D eigenvalue weighted by Crippen LogP contribution is -2.35. The second-order valence-corrected chi connectivity index (χ2v) is 5.96. The summed E-state index contributed by atoms with van der Waals surface area (Å²) in [7, 11) is 1.66. The fourth-order valence-corrected chi connectivity index (χ4v) is 2.32. The molecule has 0 aliphatic heterocycles. The van der Waals surface area contributed by atoms with Crippen LogP contribution in [0.15, 0.2) is 24.3 Å². The zero-order chi connectivity index (χ0) is 15.0. The summed E-state index contributed by atoms with van der Waals surface area (Å²) in [6, 6.07) is 8.14. The average Bonchev–Trinajstić information content (AvgIpc) is 2.38. The summed E-state index contributed by atoms with van der Waals surface area (Å²) in [6.07, 6.45) is 3.63. The highest BCUT2D eigenvalue weighted by atomic mass is 32.1. The molecule has 112 valence electrons. The van der Waals surface area contributed by atoms with E-state index in [1.165, 1.54) is 12.8 Å². The van der Waals surface area contributed by atoms with Crippen LogP contribution in [-0.4, -0.2) is 18.3 Å². The maximum atomic E-state index is 5.33. The zero-order valence-corrected chi connectivity index (χ0v) is 13.7. The number of anilines is 1. The summed E-state index contributed by atoms with van der Waals surface area (Å²) < 4.78 is 5.19. The molecule has 20 heavy (non-hydrogen) atoms. The normalized spacial score (nSPS) is 12.1. The summed E-state index contributed by atoms with van der Waals surface area (Å²) in [6.45, 7) is 6.68. The van der Waals surface area contributed by atoms with Crippen molar-refractivity contribution in [1.82, 2.24) is 5.32 Å². The van der Waals surface area contributed by atoms with Crippen LogP contribution in [0.25, 0.3) is 0 Å². The quantitative estimate of drug-likeness (QED) is 0.739. The van der Waals surface area contributed by atoms with Crippen LogP contribution < -0.4 is 15.4 Å². The molecule has 0 heterocycles. The Hall–Kier alpha value is -1.29. The van der Waals surface area contributed by atoms with Gasteiger partial charge in [-0.15, -0.1) is 0 Å². The van der Waals surface area contributed by atoms with Gasteiger partial charge < -0.3 is 15.4 Å². The molecule has 0 unspecified atom stereocenters. The van der Waals surface area contributed by atoms with Gasteiger partial charge in [0.15, 0.2) is 5.11 Å². The van der Waals surface area contributed by atoms with Crippen LogP contribution in [0.2, 0.25) is 0 Å². The first-order chi connectivity index (χ1) is 9.51. The van der Waals surface area contributed by atoms with Gasteiger partial charge in [-0.3, -0.25) is 0 Å². The monoisotopic (exact) mass is 294 g/mol. The second-order valence-electron chi connectivity index (χ2n) is 5.56. The minimum atomic E-state index is 0.388. The number of thiocarbonyl (C=S) groups is 1. The van der Waals surface area contributed by atoms with Gasteiger partial charge in [0.1, 0.15) is 5.75 Å². The Labute approximate surface area is 128 Å². The van der Waals surface area contributed by atoms with Crippen LogP contribution in [-0.2, 0) is 0 Å². The topological polar surface area (TPSA) is 33.3 Å². The van der Waals surface area contributed by atoms with E-state index in [9.17, 15) is 0 Å². The Kier molecular flexibility index (Phi) is 7.37. The Balaban J connectivity index is 2.35. The van der Waals surface area contributed by atoms with E-state index in [4.69, 9.17) is 17.0 Å². The highest BCUT2D eigenvalue weighted by Crippen LogP contribution is 2.16. The van der Waals surface area contributed by atoms with Crippen LogP contribution in [0.1, 0.15) is 40.0 Å². The molecular weight excluding hydrogens is 268 g/mol. The highest BCUT2D eigenvalue weighted by molar-refractivity contribution is 7.80. The number of rotatable bonds is 7. The first kappa shape index (κ1) is 16.8. The molecule has 3 nitrogen and oxygen atoms in total. The summed E-state index contributed by atoms with van der Waals surface area (Å²) in [5.74, 6) is 1.59. The number of benzene rings is 1. The third-order valence-corrected chi connectivity index (χ3v) is 3.34. The highest BCUT2D eigenvalue weighted by Gasteiger charge is 2.05. The van der Waals surface area contributed by atoms with E-state index in [1.54, 1.807) is 7.11 Å². The minimum Gasteiger partial charge on any atom is -0.497 e. The number of hydrogen-bond donors (Lipinski definition) is 2. The molecular formula is C16H26N2OS. The summed E-state index contributed by atoms with van der Waals surface area (Å²) in [5, 5.41) is 7.17. The molecule has 0 bridgehead atoms. The van der Waals surface area contributed by atoms with E-state index >= 15 is 0 Å². The molecule has 0 amide bonds. The predicted octanol–water partition coefficient (Wildman–Crippen LogP) is 4.20. The molecule has 1 aromatic rings. The molecule has 0 saturated carbocycles. The Morgan fingerprint density at radius 2 is 2.00 bits per heavy atom. The SMILES string of the molecule is COc1cccc(NC(=S)N[C@@H](C)CCCC(C)C)c1. The third kappa shape index (κ3) is 6.75. The van der Waals surface area contributed by atoms with E-state index in [2.05, 4.69) is 31.4 Å². The first-order valence-electron chi connectivity index (χ1n) is 7.23. The number of methoxy groups -OCH3 is 1. The fourth-order valence-electron chi connectivity index (χ4n) is 2.00. The van der Waals surface area contributed by atoms with Crippen molar-refractivity contribution in [2.24, 2.45) is 5.92 Å². The standard InChI is InChI=1S/C16H26N2OS/c1-12(2)7-5-8-13(3)17-16(20)18-14-9-6-10-15(11-14)19-4/h6,9-13H,5,7-8H2,1-4H3,(H2,17,18,20)/t13-/m0/s1. The molecule has 2 N–H and O–H groups in total. The lowest BCUT2D eigenvalue weighted by atomic mass is 10.0. The van der Waals surface area contributed by atoms with Crippen molar-refractivity contribution >= 4 is 23.0 Å². The molecule has 1 rings (SSSR count). The lowest BCUT2D eigenvalue weighted by Gasteiger charge is -2.17. The summed E-state index contributed by atoms with van der Waals surface area (Å²) in [5.41, 5.74) is 0.941. The van der Waals surface area contributed by atoms with E-state index in [-0.39, 0.29) is 0 Å². The smallest absolute Gasteiger partial charge is 0.170 e. The van der Waals surface area contributed by atoms with Gasteiger partial charge in [0.05, 0.1) is 7.11 Å². The molecule has 0 aliphatic rings. The molecule has 1 aromatic carbocycles. The lowest BCUT2D eigenvalue weighted by molar-refractivity contribution is 0.415. The van der Waals surface area contributed by atoms with Gasteiger partial charge in [0.2, 0.25) is 0 Å². The Morgan fingerprint density at radius 1 is 1.25 bits per heavy atom. The van der Waals surface area contributed by atoms with Crippen molar-refractivity contribution in [3.63, 3.8) is 0 Å². The minimum absolute atomic E-state index is 0.388. The van der Waals surface area contributed by atoms with E-state index in [1.807, 2.05) is 24.3 Å². The van der Waals surface area contributed by atoms with Gasteiger partial charge in [-0.25, -0.2) is 0 Å². The van der Waals surface area contributed by atoms with Crippen molar-refractivity contribution in [3.05, 3.63) is 24.3 Å². The fraction of sp³-hybridized carbons (Fsp3) is 0.562. The molecule has 1 atom stereocenters. The molecule has 0 aromatic heterocycles. The van der Waals surface area contributed by atoms with Crippen molar-refractivity contribution in [2.45, 2.75) is 46.1 Å². The van der Waals surface area contributed by atoms with Gasteiger partial charge in [0.25, 0.3) is 0 Å². The molecule has 0 spiro atoms. The van der Waals surface area contributed by atoms with Crippen LogP contribution >= 0.6 is 12.2 Å². The largest absolute Gasteiger partial charge is 0.497 e. The number of nitrogens with one attached hydrogen (secondary N) is 2. The van der Waals surface area contributed by atoms with Crippen LogP contribution in [0, 0.1) is 5.92 Å². The van der Waals surface area contributed by atoms with Gasteiger partial charge in [0, 0.05) is 17.8 Å². The Morgan fingerprint density at radius 3 is 2.65 bits per heavy atom. The van der Waals surface area contributed by atoms with E-state index < -0.39 is 0 Å². The third-order valence-electron chi connectivity index (χ3n) is 3.12.